The Labute approximate surface area is 206 Å². The second-order valence-electron chi connectivity index (χ2n) is 8.33. The molecular formula is C23H31N3O7S2. The molecule has 0 spiro atoms. The number of rotatable bonds is 10. The molecule has 1 unspecified atom stereocenters. The van der Waals surface area contributed by atoms with E-state index in [9.17, 15) is 21.6 Å². The van der Waals surface area contributed by atoms with Gasteiger partial charge in [0.15, 0.2) is 0 Å². The van der Waals surface area contributed by atoms with Crippen LogP contribution in [0.25, 0.3) is 0 Å². The lowest BCUT2D eigenvalue weighted by molar-refractivity contribution is -0.120. The van der Waals surface area contributed by atoms with Crippen molar-refractivity contribution >= 4 is 31.6 Å². The molecule has 1 heterocycles. The van der Waals surface area contributed by atoms with Crippen LogP contribution in [0, 0.1) is 6.92 Å². The first-order valence-electron chi connectivity index (χ1n) is 11.1. The Morgan fingerprint density at radius 2 is 1.71 bits per heavy atom. The Balaban J connectivity index is 1.65. The number of para-hydroxylation sites is 1. The van der Waals surface area contributed by atoms with Gasteiger partial charge in [0.05, 0.1) is 36.1 Å². The Kier molecular flexibility index (Phi) is 8.75. The third-order valence-electron chi connectivity index (χ3n) is 5.41. The lowest BCUT2D eigenvalue weighted by atomic mass is 10.2. The van der Waals surface area contributed by atoms with Gasteiger partial charge < -0.3 is 14.8 Å². The van der Waals surface area contributed by atoms with E-state index in [-0.39, 0.29) is 36.3 Å². The maximum absolute atomic E-state index is 12.8. The summed E-state index contributed by atoms with van der Waals surface area (Å²) in [6.07, 6.45) is 0.989. The van der Waals surface area contributed by atoms with Gasteiger partial charge in [0.2, 0.25) is 26.0 Å². The lowest BCUT2D eigenvalue weighted by Gasteiger charge is -2.26. The predicted molar refractivity (Wildman–Crippen MR) is 132 cm³/mol. The summed E-state index contributed by atoms with van der Waals surface area (Å²) in [4.78, 5) is 12.7. The zero-order valence-corrected chi connectivity index (χ0v) is 21.6. The molecule has 0 aromatic heterocycles. The second-order valence-corrected chi connectivity index (χ2v) is 12.2. The van der Waals surface area contributed by atoms with Crippen LogP contribution in [0.3, 0.4) is 0 Å². The van der Waals surface area contributed by atoms with E-state index in [0.29, 0.717) is 19.0 Å². The Morgan fingerprint density at radius 1 is 1.09 bits per heavy atom. The SMILES string of the molecule is Cc1ccccc1OCC(C)NC(=O)CN(c1ccc(S(=O)(=O)N2CCOCC2)cc1)S(C)(=O)=O. The van der Waals surface area contributed by atoms with Crippen LogP contribution in [0.15, 0.2) is 53.4 Å². The molecule has 1 fully saturated rings. The van der Waals surface area contributed by atoms with Gasteiger partial charge in [0.1, 0.15) is 18.9 Å². The van der Waals surface area contributed by atoms with Gasteiger partial charge in [-0.05, 0) is 49.7 Å². The quantitative estimate of drug-likeness (QED) is 0.497. The maximum Gasteiger partial charge on any atom is 0.243 e. The molecule has 1 aliphatic heterocycles. The lowest BCUT2D eigenvalue weighted by Crippen LogP contribution is -2.45. The van der Waals surface area contributed by atoms with Crippen molar-refractivity contribution in [1.82, 2.24) is 9.62 Å². The first-order valence-corrected chi connectivity index (χ1v) is 14.4. The largest absolute Gasteiger partial charge is 0.491 e. The average molecular weight is 526 g/mol. The standard InChI is InChI=1S/C23H31N3O7S2/c1-18-6-4-5-7-22(18)33-17-19(2)24-23(27)16-26(34(3,28)29)20-8-10-21(11-9-20)35(30,31)25-12-14-32-15-13-25/h4-11,19H,12-17H2,1-3H3,(H,24,27). The fourth-order valence-corrected chi connectivity index (χ4v) is 5.81. The third-order valence-corrected chi connectivity index (χ3v) is 8.46. The van der Waals surface area contributed by atoms with Gasteiger partial charge in [0, 0.05) is 13.1 Å². The summed E-state index contributed by atoms with van der Waals surface area (Å²) in [5, 5.41) is 2.74. The number of amides is 1. The van der Waals surface area contributed by atoms with E-state index >= 15 is 0 Å². The molecule has 1 aliphatic rings. The zero-order valence-electron chi connectivity index (χ0n) is 20.0. The van der Waals surface area contributed by atoms with Gasteiger partial charge in [-0.1, -0.05) is 18.2 Å². The van der Waals surface area contributed by atoms with Crippen LogP contribution in [0.2, 0.25) is 0 Å². The Bertz CT molecular complexity index is 1230. The van der Waals surface area contributed by atoms with Crippen LogP contribution < -0.4 is 14.4 Å². The van der Waals surface area contributed by atoms with E-state index in [0.717, 1.165) is 16.1 Å². The minimum Gasteiger partial charge on any atom is -0.491 e. The van der Waals surface area contributed by atoms with Crippen molar-refractivity contribution in [2.75, 3.05) is 50.0 Å². The minimum absolute atomic E-state index is 0.0445. The fourth-order valence-electron chi connectivity index (χ4n) is 3.55. The van der Waals surface area contributed by atoms with Gasteiger partial charge >= 0.3 is 0 Å². The number of ether oxygens (including phenoxy) is 2. The van der Waals surface area contributed by atoms with Crippen LogP contribution in [-0.2, 0) is 29.6 Å². The third kappa shape index (κ3) is 7.17. The molecule has 1 amide bonds. The summed E-state index contributed by atoms with van der Waals surface area (Å²) < 4.78 is 63.6. The monoisotopic (exact) mass is 525 g/mol. The highest BCUT2D eigenvalue weighted by Crippen LogP contribution is 2.23. The number of benzene rings is 2. The topological polar surface area (TPSA) is 122 Å². The van der Waals surface area contributed by atoms with Gasteiger partial charge in [-0.2, -0.15) is 4.31 Å². The maximum atomic E-state index is 12.8. The molecule has 0 aliphatic carbocycles. The number of anilines is 1. The molecule has 3 rings (SSSR count). The fraction of sp³-hybridized carbons (Fsp3) is 0.435. The molecule has 0 saturated carbocycles. The molecule has 0 bridgehead atoms. The molecule has 192 valence electrons. The average Bonchev–Trinajstić information content (AvgIpc) is 2.82. The summed E-state index contributed by atoms with van der Waals surface area (Å²) in [7, 11) is -7.53. The number of carbonyl (C=O) groups is 1. The second kappa shape index (κ2) is 11.4. The highest BCUT2D eigenvalue weighted by Gasteiger charge is 2.27. The van der Waals surface area contributed by atoms with Crippen molar-refractivity contribution in [1.29, 1.82) is 0 Å². The highest BCUT2D eigenvalue weighted by molar-refractivity contribution is 7.92. The molecular weight excluding hydrogens is 494 g/mol. The highest BCUT2D eigenvalue weighted by atomic mass is 32.2. The van der Waals surface area contributed by atoms with Gasteiger partial charge in [-0.25, -0.2) is 16.8 Å². The molecule has 2 aromatic carbocycles. The van der Waals surface area contributed by atoms with Crippen LogP contribution in [0.5, 0.6) is 5.75 Å². The number of hydrogen-bond donors (Lipinski definition) is 1. The minimum atomic E-state index is -3.81. The van der Waals surface area contributed by atoms with E-state index in [1.165, 1.54) is 28.6 Å². The molecule has 2 aromatic rings. The summed E-state index contributed by atoms with van der Waals surface area (Å²) in [5.74, 6) is 0.194. The van der Waals surface area contributed by atoms with Crippen LogP contribution in [-0.4, -0.2) is 78.8 Å². The number of morpholine rings is 1. The van der Waals surface area contributed by atoms with Crippen molar-refractivity contribution in [3.63, 3.8) is 0 Å². The van der Waals surface area contributed by atoms with Gasteiger partial charge in [0.25, 0.3) is 0 Å². The molecule has 1 atom stereocenters. The summed E-state index contributed by atoms with van der Waals surface area (Å²) in [6.45, 7) is 4.58. The van der Waals surface area contributed by atoms with Crippen molar-refractivity contribution in [3.8, 4) is 5.75 Å². The van der Waals surface area contributed by atoms with Crippen molar-refractivity contribution < 1.29 is 31.1 Å². The van der Waals surface area contributed by atoms with Crippen LogP contribution >= 0.6 is 0 Å². The van der Waals surface area contributed by atoms with Crippen molar-refractivity contribution in [3.05, 3.63) is 54.1 Å². The molecule has 10 nitrogen and oxygen atoms in total. The Hall–Kier alpha value is -2.67. The van der Waals surface area contributed by atoms with Gasteiger partial charge in [-0.15, -0.1) is 0 Å². The summed E-state index contributed by atoms with van der Waals surface area (Å²) in [6, 6.07) is 12.6. The van der Waals surface area contributed by atoms with Crippen LogP contribution in [0.4, 0.5) is 5.69 Å². The number of carbonyl (C=O) groups excluding carboxylic acids is 1. The Morgan fingerprint density at radius 3 is 2.31 bits per heavy atom. The number of aryl methyl sites for hydroxylation is 1. The number of hydrogen-bond acceptors (Lipinski definition) is 7. The zero-order chi connectivity index (χ0) is 25.6. The van der Waals surface area contributed by atoms with Crippen molar-refractivity contribution in [2.45, 2.75) is 24.8 Å². The number of nitrogens with one attached hydrogen (secondary N) is 1. The first kappa shape index (κ1) is 26.9. The van der Waals surface area contributed by atoms with Crippen molar-refractivity contribution in [2.24, 2.45) is 0 Å². The molecule has 1 saturated heterocycles. The van der Waals surface area contributed by atoms with Crippen LogP contribution in [0.1, 0.15) is 12.5 Å². The summed E-state index contributed by atoms with van der Waals surface area (Å²) >= 11 is 0. The molecule has 1 N–H and O–H groups in total. The number of nitrogens with zero attached hydrogens (tertiary/aromatic N) is 2. The smallest absolute Gasteiger partial charge is 0.243 e. The molecule has 12 heteroatoms. The van der Waals surface area contributed by atoms with E-state index in [1.807, 2.05) is 31.2 Å². The summed E-state index contributed by atoms with van der Waals surface area (Å²) in [5.41, 5.74) is 1.15. The number of sulfonamides is 2. The first-order chi connectivity index (χ1) is 16.5. The van der Waals surface area contributed by atoms with E-state index in [4.69, 9.17) is 9.47 Å². The van der Waals surface area contributed by atoms with Gasteiger partial charge in [-0.3, -0.25) is 9.10 Å². The molecule has 35 heavy (non-hydrogen) atoms. The van der Waals surface area contributed by atoms with E-state index < -0.39 is 32.5 Å². The van der Waals surface area contributed by atoms with E-state index in [2.05, 4.69) is 5.32 Å². The molecule has 0 radical (unpaired) electrons. The predicted octanol–water partition coefficient (Wildman–Crippen LogP) is 1.37. The normalized spacial score (nSPS) is 15.9. The van der Waals surface area contributed by atoms with E-state index in [1.54, 1.807) is 6.92 Å².